The molecule has 31 heavy (non-hydrogen) atoms. The molecule has 0 aromatic heterocycles. The predicted molar refractivity (Wildman–Crippen MR) is 114 cm³/mol. The molecule has 1 saturated heterocycles. The zero-order valence-electron chi connectivity index (χ0n) is 17.0. The van der Waals surface area contributed by atoms with Gasteiger partial charge in [0.2, 0.25) is 0 Å². The third kappa shape index (κ3) is 5.35. The average Bonchev–Trinajstić information content (AvgIpc) is 3.01. The fraction of sp³-hybridized carbons (Fsp3) is 0.227. The summed E-state index contributed by atoms with van der Waals surface area (Å²) in [7, 11) is 1.18. The number of rotatable bonds is 8. The van der Waals surface area contributed by atoms with Crippen LogP contribution in [0.3, 0.4) is 0 Å². The Morgan fingerprint density at radius 2 is 1.90 bits per heavy atom. The van der Waals surface area contributed by atoms with Gasteiger partial charge in [0, 0.05) is 10.6 Å². The van der Waals surface area contributed by atoms with Crippen molar-refractivity contribution in [2.75, 3.05) is 20.3 Å². The number of nitrogens with one attached hydrogen (secondary N) is 1. The zero-order valence-corrected chi connectivity index (χ0v) is 17.8. The van der Waals surface area contributed by atoms with E-state index in [0.29, 0.717) is 28.7 Å². The molecule has 0 saturated carbocycles. The van der Waals surface area contributed by atoms with Crippen molar-refractivity contribution in [3.8, 4) is 11.5 Å². The molecule has 2 aromatic carbocycles. The molecule has 0 atom stereocenters. The third-order valence-corrected chi connectivity index (χ3v) is 4.77. The van der Waals surface area contributed by atoms with Gasteiger partial charge in [-0.05, 0) is 36.8 Å². The summed E-state index contributed by atoms with van der Waals surface area (Å²) in [5.74, 6) is -0.319. The highest BCUT2D eigenvalue weighted by molar-refractivity contribution is 6.31. The van der Waals surface area contributed by atoms with E-state index in [9.17, 15) is 14.4 Å². The molecule has 8 nitrogen and oxygen atoms in total. The molecule has 1 N–H and O–H groups in total. The number of amides is 3. The fourth-order valence-corrected chi connectivity index (χ4v) is 3.04. The number of hydrogen-bond acceptors (Lipinski definition) is 6. The fourth-order valence-electron chi connectivity index (χ4n) is 2.85. The van der Waals surface area contributed by atoms with Crippen molar-refractivity contribution in [1.29, 1.82) is 0 Å². The Balaban J connectivity index is 1.79. The number of methoxy groups -OCH3 is 1. The van der Waals surface area contributed by atoms with Gasteiger partial charge in [-0.1, -0.05) is 35.9 Å². The van der Waals surface area contributed by atoms with Crippen LogP contribution in [-0.4, -0.2) is 43.1 Å². The van der Waals surface area contributed by atoms with Crippen LogP contribution in [-0.2, 0) is 20.9 Å². The van der Waals surface area contributed by atoms with Gasteiger partial charge in [-0.25, -0.2) is 9.69 Å². The maximum Gasteiger partial charge on any atom is 0.329 e. The standard InChI is InChI=1S/C22H21ClN2O6/c1-3-30-19-11-14(8-9-18(19)31-13-15-6-4-5-7-16(15)23)10-17-21(27)25(22(28)24-17)12-20(26)29-2/h4-11H,3,12-13H2,1-2H3,(H,24,28)/b17-10+. The van der Waals surface area contributed by atoms with Crippen LogP contribution in [0.4, 0.5) is 4.79 Å². The van der Waals surface area contributed by atoms with E-state index in [4.69, 9.17) is 21.1 Å². The normalized spacial score (nSPS) is 14.5. The van der Waals surface area contributed by atoms with Gasteiger partial charge in [0.1, 0.15) is 18.8 Å². The van der Waals surface area contributed by atoms with Crippen LogP contribution in [0.15, 0.2) is 48.2 Å². The first-order valence-electron chi connectivity index (χ1n) is 9.47. The second-order valence-corrected chi connectivity index (χ2v) is 6.88. The number of urea groups is 1. The molecule has 3 rings (SSSR count). The molecule has 0 unspecified atom stereocenters. The Labute approximate surface area is 184 Å². The van der Waals surface area contributed by atoms with E-state index in [0.717, 1.165) is 10.5 Å². The van der Waals surface area contributed by atoms with Crippen LogP contribution in [0.1, 0.15) is 18.1 Å². The van der Waals surface area contributed by atoms with E-state index in [1.54, 1.807) is 24.3 Å². The molecular formula is C22H21ClN2O6. The molecule has 0 radical (unpaired) electrons. The highest BCUT2D eigenvalue weighted by Gasteiger charge is 2.35. The van der Waals surface area contributed by atoms with Gasteiger partial charge in [0.05, 0.1) is 13.7 Å². The van der Waals surface area contributed by atoms with Crippen LogP contribution in [0.5, 0.6) is 11.5 Å². The molecule has 162 valence electrons. The topological polar surface area (TPSA) is 94.2 Å². The van der Waals surface area contributed by atoms with E-state index >= 15 is 0 Å². The van der Waals surface area contributed by atoms with E-state index in [1.807, 2.05) is 25.1 Å². The summed E-state index contributed by atoms with van der Waals surface area (Å²) < 4.78 is 16.0. The number of ether oxygens (including phenoxy) is 3. The van der Waals surface area contributed by atoms with Crippen LogP contribution in [0.2, 0.25) is 5.02 Å². The lowest BCUT2D eigenvalue weighted by atomic mass is 10.1. The van der Waals surface area contributed by atoms with Gasteiger partial charge in [-0.3, -0.25) is 9.59 Å². The number of carbonyl (C=O) groups is 3. The average molecular weight is 445 g/mol. The number of carbonyl (C=O) groups excluding carboxylic acids is 3. The summed E-state index contributed by atoms with van der Waals surface area (Å²) >= 11 is 6.17. The van der Waals surface area contributed by atoms with Gasteiger partial charge in [0.25, 0.3) is 5.91 Å². The van der Waals surface area contributed by atoms with Crippen molar-refractivity contribution < 1.29 is 28.6 Å². The minimum atomic E-state index is -0.691. The van der Waals surface area contributed by atoms with Gasteiger partial charge in [-0.15, -0.1) is 0 Å². The Morgan fingerprint density at radius 3 is 2.61 bits per heavy atom. The molecule has 1 aliphatic rings. The summed E-state index contributed by atoms with van der Waals surface area (Å²) in [6.07, 6.45) is 1.50. The van der Waals surface area contributed by atoms with Crippen LogP contribution in [0.25, 0.3) is 6.08 Å². The molecule has 2 aromatic rings. The number of hydrogen-bond donors (Lipinski definition) is 1. The number of imide groups is 1. The molecule has 1 heterocycles. The van der Waals surface area contributed by atoms with Gasteiger partial charge in [-0.2, -0.15) is 0 Å². The molecule has 0 bridgehead atoms. The minimum Gasteiger partial charge on any atom is -0.490 e. The lowest BCUT2D eigenvalue weighted by molar-refractivity contribution is -0.143. The van der Waals surface area contributed by atoms with E-state index < -0.39 is 24.5 Å². The van der Waals surface area contributed by atoms with Gasteiger partial charge >= 0.3 is 12.0 Å². The molecule has 0 spiro atoms. The minimum absolute atomic E-state index is 0.0427. The van der Waals surface area contributed by atoms with E-state index in [2.05, 4.69) is 10.1 Å². The summed E-state index contributed by atoms with van der Waals surface area (Å²) in [5, 5.41) is 3.06. The van der Waals surface area contributed by atoms with Crippen molar-refractivity contribution in [2.45, 2.75) is 13.5 Å². The van der Waals surface area contributed by atoms with Crippen molar-refractivity contribution in [3.05, 3.63) is 64.3 Å². The highest BCUT2D eigenvalue weighted by Crippen LogP contribution is 2.31. The smallest absolute Gasteiger partial charge is 0.329 e. The lowest BCUT2D eigenvalue weighted by Crippen LogP contribution is -2.36. The Kier molecular flexibility index (Phi) is 7.15. The summed E-state index contributed by atoms with van der Waals surface area (Å²) in [6, 6.07) is 11.8. The summed E-state index contributed by atoms with van der Waals surface area (Å²) in [4.78, 5) is 36.6. The van der Waals surface area contributed by atoms with Crippen LogP contribution in [0, 0.1) is 0 Å². The predicted octanol–water partition coefficient (Wildman–Crippen LogP) is 3.38. The first-order chi connectivity index (χ1) is 14.9. The number of nitrogens with zero attached hydrogens (tertiary/aromatic N) is 1. The zero-order chi connectivity index (χ0) is 22.4. The van der Waals surface area contributed by atoms with Crippen LogP contribution < -0.4 is 14.8 Å². The van der Waals surface area contributed by atoms with E-state index in [-0.39, 0.29) is 12.3 Å². The lowest BCUT2D eigenvalue weighted by Gasteiger charge is -2.13. The maximum absolute atomic E-state index is 12.4. The second-order valence-electron chi connectivity index (χ2n) is 6.47. The molecular weight excluding hydrogens is 424 g/mol. The first kappa shape index (κ1) is 22.2. The van der Waals surface area contributed by atoms with Crippen molar-refractivity contribution in [3.63, 3.8) is 0 Å². The monoisotopic (exact) mass is 444 g/mol. The SMILES string of the molecule is CCOc1cc(/C=C2/NC(=O)N(CC(=O)OC)C2=O)ccc1OCc1ccccc1Cl. The van der Waals surface area contributed by atoms with E-state index in [1.165, 1.54) is 13.2 Å². The first-order valence-corrected chi connectivity index (χ1v) is 9.85. The molecule has 9 heteroatoms. The molecule has 0 aliphatic carbocycles. The third-order valence-electron chi connectivity index (χ3n) is 4.40. The highest BCUT2D eigenvalue weighted by atomic mass is 35.5. The quantitative estimate of drug-likeness (QED) is 0.381. The largest absolute Gasteiger partial charge is 0.490 e. The van der Waals surface area contributed by atoms with Crippen molar-refractivity contribution >= 4 is 35.6 Å². The van der Waals surface area contributed by atoms with Crippen LogP contribution >= 0.6 is 11.6 Å². The van der Waals surface area contributed by atoms with Crippen molar-refractivity contribution in [1.82, 2.24) is 10.2 Å². The number of esters is 1. The number of benzene rings is 2. The molecule has 1 aliphatic heterocycles. The summed E-state index contributed by atoms with van der Waals surface area (Å²) in [6.45, 7) is 2.05. The Bertz CT molecular complexity index is 1040. The second kappa shape index (κ2) is 9.99. The maximum atomic E-state index is 12.4. The van der Waals surface area contributed by atoms with Gasteiger partial charge in [0.15, 0.2) is 11.5 Å². The molecule has 1 fully saturated rings. The molecule has 3 amide bonds. The Morgan fingerprint density at radius 1 is 1.13 bits per heavy atom. The Hall–Kier alpha value is -3.52. The van der Waals surface area contributed by atoms with Gasteiger partial charge < -0.3 is 19.5 Å². The summed E-state index contributed by atoms with van der Waals surface area (Å²) in [5.41, 5.74) is 1.49. The number of halogens is 1. The van der Waals surface area contributed by atoms with Crippen molar-refractivity contribution in [2.24, 2.45) is 0 Å².